The van der Waals surface area contributed by atoms with Gasteiger partial charge in [-0.15, -0.1) is 11.3 Å². The Bertz CT molecular complexity index is 602. The first kappa shape index (κ1) is 13.7. The minimum atomic E-state index is -0.293. The summed E-state index contributed by atoms with van der Waals surface area (Å²) in [6.45, 7) is 0. The van der Waals surface area contributed by atoms with Crippen LogP contribution in [0.1, 0.15) is 5.56 Å². The third-order valence-electron chi connectivity index (χ3n) is 1.95. The number of hydrogen-bond acceptors (Lipinski definition) is 5. The molecular formula is C10H7BrFIN4S. The molecule has 1 aromatic heterocycles. The summed E-state index contributed by atoms with van der Waals surface area (Å²) in [6, 6.07) is 3.41. The standard InChI is InChI=1S/C10H7BrFIN4S/c11-6-2-1-5(9(13)8(6)12)3-15-17-10-16-7(14)4-18-10/h1-4H,14H2,(H,16,17). The number of nitrogens with zero attached hydrogens (tertiary/aromatic N) is 2. The van der Waals surface area contributed by atoms with Crippen LogP contribution in [0.25, 0.3) is 0 Å². The van der Waals surface area contributed by atoms with E-state index in [0.717, 1.165) is 0 Å². The molecule has 0 aliphatic rings. The Hall–Kier alpha value is -0.740. The fraction of sp³-hybridized carbons (Fsp3) is 0. The van der Waals surface area contributed by atoms with Gasteiger partial charge in [-0.2, -0.15) is 5.10 Å². The molecule has 1 heterocycles. The van der Waals surface area contributed by atoms with Gasteiger partial charge in [0, 0.05) is 10.9 Å². The maximum atomic E-state index is 13.6. The molecule has 0 atom stereocenters. The number of nitrogens with two attached hydrogens (primary N) is 1. The largest absolute Gasteiger partial charge is 0.383 e. The van der Waals surface area contributed by atoms with Crippen LogP contribution in [-0.4, -0.2) is 11.2 Å². The van der Waals surface area contributed by atoms with E-state index in [1.54, 1.807) is 17.5 Å². The van der Waals surface area contributed by atoms with Crippen LogP contribution in [0.3, 0.4) is 0 Å². The highest BCUT2D eigenvalue weighted by molar-refractivity contribution is 14.1. The Kier molecular flexibility index (Phi) is 4.51. The maximum Gasteiger partial charge on any atom is 0.205 e. The molecule has 0 radical (unpaired) electrons. The minimum absolute atomic E-state index is 0.293. The van der Waals surface area contributed by atoms with Crippen LogP contribution in [0.4, 0.5) is 15.3 Å². The number of anilines is 2. The van der Waals surface area contributed by atoms with E-state index in [1.807, 2.05) is 22.6 Å². The zero-order valence-electron chi connectivity index (χ0n) is 8.82. The molecule has 0 aliphatic carbocycles. The smallest absolute Gasteiger partial charge is 0.205 e. The van der Waals surface area contributed by atoms with E-state index in [2.05, 4.69) is 31.4 Å². The lowest BCUT2D eigenvalue weighted by atomic mass is 10.2. The number of nitrogen functional groups attached to an aromatic ring is 1. The van der Waals surface area contributed by atoms with Gasteiger partial charge in [0.15, 0.2) is 5.82 Å². The van der Waals surface area contributed by atoms with Crippen LogP contribution in [0, 0.1) is 9.39 Å². The molecule has 1 aromatic carbocycles. The second kappa shape index (κ2) is 5.93. The molecule has 0 saturated carbocycles. The fourth-order valence-corrected chi connectivity index (χ4v) is 2.99. The lowest BCUT2D eigenvalue weighted by molar-refractivity contribution is 0.613. The van der Waals surface area contributed by atoms with Crippen molar-refractivity contribution < 1.29 is 4.39 Å². The van der Waals surface area contributed by atoms with Crippen LogP contribution in [0.5, 0.6) is 0 Å². The molecule has 2 rings (SSSR count). The first-order chi connectivity index (χ1) is 8.58. The van der Waals surface area contributed by atoms with Gasteiger partial charge in [0.05, 0.1) is 14.3 Å². The molecule has 0 unspecified atom stereocenters. The number of halogens is 3. The van der Waals surface area contributed by atoms with Crippen LogP contribution in [0.15, 0.2) is 27.1 Å². The van der Waals surface area contributed by atoms with E-state index < -0.39 is 0 Å². The van der Waals surface area contributed by atoms with Crippen LogP contribution < -0.4 is 11.2 Å². The van der Waals surface area contributed by atoms with Crippen molar-refractivity contribution >= 4 is 67.0 Å². The molecule has 0 spiro atoms. The third kappa shape index (κ3) is 3.18. The van der Waals surface area contributed by atoms with Crippen LogP contribution in [0.2, 0.25) is 0 Å². The molecule has 94 valence electrons. The van der Waals surface area contributed by atoms with Crippen LogP contribution >= 0.6 is 49.9 Å². The zero-order chi connectivity index (χ0) is 13.1. The summed E-state index contributed by atoms with van der Waals surface area (Å²) >= 11 is 6.41. The van der Waals surface area contributed by atoms with E-state index in [9.17, 15) is 4.39 Å². The Morgan fingerprint density at radius 2 is 2.33 bits per heavy atom. The van der Waals surface area contributed by atoms with Gasteiger partial charge in [0.25, 0.3) is 0 Å². The quantitative estimate of drug-likeness (QED) is 0.331. The summed E-state index contributed by atoms with van der Waals surface area (Å²) in [7, 11) is 0. The highest BCUT2D eigenvalue weighted by Gasteiger charge is 2.07. The predicted octanol–water partition coefficient (Wildman–Crippen LogP) is 3.68. The molecule has 3 N–H and O–H groups in total. The third-order valence-corrected chi connectivity index (χ3v) is 4.42. The zero-order valence-corrected chi connectivity index (χ0v) is 13.4. The second-order valence-corrected chi connectivity index (χ2v) is 6.00. The number of nitrogens with one attached hydrogen (secondary N) is 1. The molecular weight excluding hydrogens is 434 g/mol. The topological polar surface area (TPSA) is 63.3 Å². The molecule has 4 nitrogen and oxygen atoms in total. The average molecular weight is 441 g/mol. The van der Waals surface area contributed by atoms with Crippen molar-refractivity contribution in [3.8, 4) is 0 Å². The van der Waals surface area contributed by atoms with Crippen molar-refractivity contribution in [1.29, 1.82) is 0 Å². The number of thiazole rings is 1. The number of hydrogen-bond donors (Lipinski definition) is 2. The maximum absolute atomic E-state index is 13.6. The Balaban J connectivity index is 2.12. The van der Waals surface area contributed by atoms with Gasteiger partial charge in [-0.05, 0) is 44.6 Å². The fourth-order valence-electron chi connectivity index (χ4n) is 1.14. The van der Waals surface area contributed by atoms with Crippen molar-refractivity contribution in [1.82, 2.24) is 4.98 Å². The molecule has 0 bridgehead atoms. The van der Waals surface area contributed by atoms with Gasteiger partial charge in [0.1, 0.15) is 5.82 Å². The Morgan fingerprint density at radius 1 is 1.56 bits per heavy atom. The molecule has 18 heavy (non-hydrogen) atoms. The summed E-state index contributed by atoms with van der Waals surface area (Å²) in [5.41, 5.74) is 8.90. The first-order valence-electron chi connectivity index (χ1n) is 4.71. The van der Waals surface area contributed by atoms with Crippen molar-refractivity contribution in [3.05, 3.63) is 36.9 Å². The normalized spacial score (nSPS) is 11.1. The number of aromatic nitrogens is 1. The van der Waals surface area contributed by atoms with Gasteiger partial charge in [0.2, 0.25) is 5.13 Å². The molecule has 0 fully saturated rings. The lowest BCUT2D eigenvalue weighted by Gasteiger charge is -2.01. The van der Waals surface area contributed by atoms with Crippen molar-refractivity contribution in [2.75, 3.05) is 11.2 Å². The number of rotatable bonds is 3. The number of hydrazone groups is 1. The van der Waals surface area contributed by atoms with Crippen LogP contribution in [-0.2, 0) is 0 Å². The first-order valence-corrected chi connectivity index (χ1v) is 7.46. The highest BCUT2D eigenvalue weighted by atomic mass is 127. The van der Waals surface area contributed by atoms with Gasteiger partial charge in [-0.3, -0.25) is 5.43 Å². The van der Waals surface area contributed by atoms with Crippen molar-refractivity contribution in [2.45, 2.75) is 0 Å². The summed E-state index contributed by atoms with van der Waals surface area (Å²) < 4.78 is 14.5. The lowest BCUT2D eigenvalue weighted by Crippen LogP contribution is -1.95. The molecule has 2 aromatic rings. The average Bonchev–Trinajstić information content (AvgIpc) is 2.75. The van der Waals surface area contributed by atoms with E-state index in [0.29, 0.717) is 24.6 Å². The molecule has 0 saturated heterocycles. The van der Waals surface area contributed by atoms with Crippen molar-refractivity contribution in [3.63, 3.8) is 0 Å². The summed E-state index contributed by atoms with van der Waals surface area (Å²) in [6.07, 6.45) is 1.54. The highest BCUT2D eigenvalue weighted by Crippen LogP contribution is 2.23. The van der Waals surface area contributed by atoms with Gasteiger partial charge >= 0.3 is 0 Å². The summed E-state index contributed by atoms with van der Waals surface area (Å²) in [4.78, 5) is 3.98. The Labute approximate surface area is 129 Å². The van der Waals surface area contributed by atoms with Crippen molar-refractivity contribution in [2.24, 2.45) is 5.10 Å². The van der Waals surface area contributed by atoms with E-state index in [1.165, 1.54) is 17.6 Å². The molecule has 8 heteroatoms. The van der Waals surface area contributed by atoms with Gasteiger partial charge in [-0.25, -0.2) is 9.37 Å². The van der Waals surface area contributed by atoms with E-state index in [-0.39, 0.29) is 5.82 Å². The predicted molar refractivity (Wildman–Crippen MR) is 84.6 cm³/mol. The SMILES string of the molecule is Nc1csc(NN=Cc2ccc(Br)c(F)c2I)n1. The van der Waals surface area contributed by atoms with E-state index >= 15 is 0 Å². The summed E-state index contributed by atoms with van der Waals surface area (Å²) in [5, 5.41) is 6.29. The Morgan fingerprint density at radius 3 is 3.00 bits per heavy atom. The molecule has 0 amide bonds. The number of benzene rings is 1. The monoisotopic (exact) mass is 440 g/mol. The second-order valence-electron chi connectivity index (χ2n) is 3.21. The summed E-state index contributed by atoms with van der Waals surface area (Å²) in [5.74, 6) is 0.153. The van der Waals surface area contributed by atoms with Gasteiger partial charge in [-0.1, -0.05) is 6.07 Å². The minimum Gasteiger partial charge on any atom is -0.383 e. The van der Waals surface area contributed by atoms with Gasteiger partial charge < -0.3 is 5.73 Å². The molecule has 0 aliphatic heterocycles. The van der Waals surface area contributed by atoms with E-state index in [4.69, 9.17) is 5.73 Å².